The number of fused-ring (bicyclic) bond motifs is 1. The normalized spacial score (nSPS) is 17.9. The molecule has 1 saturated heterocycles. The van der Waals surface area contributed by atoms with Gasteiger partial charge in [-0.3, -0.25) is 14.3 Å². The van der Waals surface area contributed by atoms with Crippen molar-refractivity contribution in [1.29, 1.82) is 5.26 Å². The lowest BCUT2D eigenvalue weighted by atomic mass is 10.1. The molecule has 36 heavy (non-hydrogen) atoms. The summed E-state index contributed by atoms with van der Waals surface area (Å²) in [5, 5.41) is 19.6. The average Bonchev–Trinajstić information content (AvgIpc) is 3.24. The fraction of sp³-hybridized carbons (Fsp3) is 0.217. The minimum atomic E-state index is -4.79. The molecule has 0 radical (unpaired) electrons. The van der Waals surface area contributed by atoms with Crippen molar-refractivity contribution >= 4 is 22.5 Å². The van der Waals surface area contributed by atoms with Crippen LogP contribution in [-0.2, 0) is 6.18 Å². The second-order valence-electron chi connectivity index (χ2n) is 8.15. The van der Waals surface area contributed by atoms with Gasteiger partial charge in [-0.05, 0) is 24.3 Å². The lowest BCUT2D eigenvalue weighted by Crippen LogP contribution is -2.33. The van der Waals surface area contributed by atoms with Crippen LogP contribution >= 0.6 is 0 Å². The maximum Gasteiger partial charge on any atom is 0.417 e. The minimum Gasteiger partial charge on any atom is -0.391 e. The number of anilines is 2. The van der Waals surface area contributed by atoms with Crippen molar-refractivity contribution in [2.24, 2.45) is 0 Å². The van der Waals surface area contributed by atoms with Crippen LogP contribution in [0.2, 0.25) is 0 Å². The molecule has 2 atom stereocenters. The van der Waals surface area contributed by atoms with E-state index in [1.54, 1.807) is 4.90 Å². The first-order chi connectivity index (χ1) is 17.2. The molecule has 5 rings (SSSR count). The molecule has 0 bridgehead atoms. The van der Waals surface area contributed by atoms with Crippen LogP contribution in [0.25, 0.3) is 16.6 Å². The third-order valence-corrected chi connectivity index (χ3v) is 5.95. The van der Waals surface area contributed by atoms with Crippen molar-refractivity contribution in [3.05, 3.63) is 76.4 Å². The van der Waals surface area contributed by atoms with E-state index in [4.69, 9.17) is 5.73 Å². The molecule has 182 valence electrons. The molecule has 0 spiro atoms. The topological polar surface area (TPSA) is 147 Å². The quantitative estimate of drug-likeness (QED) is 0.438. The van der Waals surface area contributed by atoms with Gasteiger partial charge in [-0.2, -0.15) is 18.4 Å². The first kappa shape index (κ1) is 23.2. The molecule has 13 heteroatoms. The number of aliphatic hydroxyl groups is 1. The van der Waals surface area contributed by atoms with Gasteiger partial charge in [0.15, 0.2) is 5.82 Å². The SMILES string of the molecule is N#Cc1c(N)ncnc1N1C[C@@H](O)C[C@H]1c1nc2cccc(C(F)(F)F)c2c(=O)n1-c1cccnc1. The van der Waals surface area contributed by atoms with E-state index < -0.39 is 34.8 Å². The van der Waals surface area contributed by atoms with Crippen LogP contribution in [0.1, 0.15) is 29.4 Å². The van der Waals surface area contributed by atoms with Crippen molar-refractivity contribution in [3.8, 4) is 11.8 Å². The fourth-order valence-electron chi connectivity index (χ4n) is 4.45. The molecule has 0 unspecified atom stereocenters. The molecule has 3 aromatic heterocycles. The highest BCUT2D eigenvalue weighted by molar-refractivity contribution is 5.82. The molecule has 1 aliphatic heterocycles. The highest BCUT2D eigenvalue weighted by atomic mass is 19.4. The molecule has 0 amide bonds. The summed E-state index contributed by atoms with van der Waals surface area (Å²) >= 11 is 0. The molecule has 10 nitrogen and oxygen atoms in total. The minimum absolute atomic E-state index is 0.0132. The number of pyridine rings is 1. The van der Waals surface area contributed by atoms with E-state index in [-0.39, 0.29) is 47.2 Å². The van der Waals surface area contributed by atoms with E-state index in [0.29, 0.717) is 0 Å². The maximum absolute atomic E-state index is 13.8. The second-order valence-corrected chi connectivity index (χ2v) is 8.15. The molecule has 1 aromatic carbocycles. The van der Waals surface area contributed by atoms with Crippen LogP contribution in [0.15, 0.2) is 53.8 Å². The predicted octanol–water partition coefficient (Wildman–Crippen LogP) is 2.36. The number of halogens is 3. The molecule has 4 heterocycles. The third-order valence-electron chi connectivity index (χ3n) is 5.95. The Morgan fingerprint density at radius 1 is 1.19 bits per heavy atom. The Morgan fingerprint density at radius 3 is 2.69 bits per heavy atom. The molecule has 1 aliphatic rings. The lowest BCUT2D eigenvalue weighted by molar-refractivity contribution is -0.136. The Labute approximate surface area is 201 Å². The third kappa shape index (κ3) is 3.77. The van der Waals surface area contributed by atoms with Crippen LogP contribution < -0.4 is 16.2 Å². The number of aliphatic hydroxyl groups excluding tert-OH is 1. The van der Waals surface area contributed by atoms with Gasteiger partial charge in [-0.1, -0.05) is 6.07 Å². The second kappa shape index (κ2) is 8.58. The zero-order valence-electron chi connectivity index (χ0n) is 18.4. The highest BCUT2D eigenvalue weighted by Gasteiger charge is 2.39. The van der Waals surface area contributed by atoms with E-state index in [9.17, 15) is 28.3 Å². The number of alkyl halides is 3. The largest absolute Gasteiger partial charge is 0.417 e. The summed E-state index contributed by atoms with van der Waals surface area (Å²) in [7, 11) is 0. The Kier molecular flexibility index (Phi) is 5.52. The summed E-state index contributed by atoms with van der Waals surface area (Å²) in [5.41, 5.74) is 3.79. The van der Waals surface area contributed by atoms with Gasteiger partial charge in [0.1, 0.15) is 29.6 Å². The van der Waals surface area contributed by atoms with Crippen molar-refractivity contribution in [3.63, 3.8) is 0 Å². The number of hydrogen-bond donors (Lipinski definition) is 2. The zero-order chi connectivity index (χ0) is 25.6. The van der Waals surface area contributed by atoms with Crippen molar-refractivity contribution < 1.29 is 18.3 Å². The number of rotatable bonds is 3. The number of nitriles is 1. The van der Waals surface area contributed by atoms with E-state index in [1.165, 1.54) is 36.7 Å². The van der Waals surface area contributed by atoms with Gasteiger partial charge in [0, 0.05) is 19.2 Å². The summed E-state index contributed by atoms with van der Waals surface area (Å²) in [5.74, 6) is 0.0914. The standard InChI is InChI=1S/C23H17F3N8O2/c24-23(25,26)15-4-1-5-16-18(15)22(36)34(12-3-2-6-29-9-12)21(32-16)17-7-13(35)10-33(17)20-14(8-27)19(28)30-11-31-20/h1-6,9,11,13,17,35H,7,10H2,(H2,28,30,31)/t13-,17-/m0/s1. The van der Waals surface area contributed by atoms with Crippen LogP contribution in [0.5, 0.6) is 0 Å². The van der Waals surface area contributed by atoms with E-state index in [0.717, 1.165) is 17.0 Å². The summed E-state index contributed by atoms with van der Waals surface area (Å²) in [6.07, 6.45) is -1.69. The molecule has 0 saturated carbocycles. The number of nitrogen functional groups attached to an aromatic ring is 1. The predicted molar refractivity (Wildman–Crippen MR) is 122 cm³/mol. The van der Waals surface area contributed by atoms with E-state index in [2.05, 4.69) is 19.9 Å². The summed E-state index contributed by atoms with van der Waals surface area (Å²) < 4.78 is 42.5. The molecule has 3 N–H and O–H groups in total. The number of nitrogens with zero attached hydrogens (tertiary/aromatic N) is 7. The monoisotopic (exact) mass is 494 g/mol. The van der Waals surface area contributed by atoms with Crippen LogP contribution in [0.4, 0.5) is 24.8 Å². The number of aromatic nitrogens is 5. The zero-order valence-corrected chi connectivity index (χ0v) is 18.4. The number of nitrogens with two attached hydrogens (primary N) is 1. The molecule has 0 aliphatic carbocycles. The Hall–Kier alpha value is -4.57. The summed E-state index contributed by atoms with van der Waals surface area (Å²) in [6, 6.07) is 7.47. The molecular formula is C23H17F3N8O2. The van der Waals surface area contributed by atoms with Gasteiger partial charge in [-0.15, -0.1) is 0 Å². The van der Waals surface area contributed by atoms with Crippen molar-refractivity contribution in [2.45, 2.75) is 24.7 Å². The number of benzene rings is 1. The fourth-order valence-corrected chi connectivity index (χ4v) is 4.45. The molecule has 4 aromatic rings. The lowest BCUT2D eigenvalue weighted by Gasteiger charge is -2.28. The van der Waals surface area contributed by atoms with Gasteiger partial charge in [0.2, 0.25) is 0 Å². The molecule has 1 fully saturated rings. The first-order valence-electron chi connectivity index (χ1n) is 10.7. The van der Waals surface area contributed by atoms with Crippen LogP contribution in [-0.4, -0.2) is 42.3 Å². The van der Waals surface area contributed by atoms with Crippen LogP contribution in [0, 0.1) is 11.3 Å². The smallest absolute Gasteiger partial charge is 0.391 e. The van der Waals surface area contributed by atoms with Crippen LogP contribution in [0.3, 0.4) is 0 Å². The van der Waals surface area contributed by atoms with E-state index >= 15 is 0 Å². The average molecular weight is 494 g/mol. The van der Waals surface area contributed by atoms with Gasteiger partial charge >= 0.3 is 6.18 Å². The van der Waals surface area contributed by atoms with Gasteiger partial charge in [-0.25, -0.2) is 15.0 Å². The van der Waals surface area contributed by atoms with Crippen molar-refractivity contribution in [1.82, 2.24) is 24.5 Å². The maximum atomic E-state index is 13.8. The number of hydrogen-bond acceptors (Lipinski definition) is 9. The van der Waals surface area contributed by atoms with Gasteiger partial charge in [0.05, 0.1) is 40.5 Å². The van der Waals surface area contributed by atoms with Crippen molar-refractivity contribution in [2.75, 3.05) is 17.2 Å². The Balaban J connectivity index is 1.82. The molecular weight excluding hydrogens is 477 g/mol. The Bertz CT molecular complexity index is 1570. The Morgan fingerprint density at radius 2 is 2.00 bits per heavy atom. The highest BCUT2D eigenvalue weighted by Crippen LogP contribution is 2.39. The summed E-state index contributed by atoms with van der Waals surface area (Å²) in [4.78, 5) is 31.7. The van der Waals surface area contributed by atoms with Gasteiger partial charge < -0.3 is 15.7 Å². The van der Waals surface area contributed by atoms with Gasteiger partial charge in [0.25, 0.3) is 5.56 Å². The summed E-state index contributed by atoms with van der Waals surface area (Å²) in [6.45, 7) is 0.0132. The number of β-amino-alcohol motifs (C(OH)–C–C–N with tert-alkyl or cyclic N) is 1. The van der Waals surface area contributed by atoms with E-state index in [1.807, 2.05) is 6.07 Å². The first-order valence-corrected chi connectivity index (χ1v) is 10.7.